The predicted octanol–water partition coefficient (Wildman–Crippen LogP) is 7.68. The van der Waals surface area contributed by atoms with Crippen molar-refractivity contribution < 1.29 is 18.9 Å². The third-order valence-corrected chi connectivity index (χ3v) is 15.6. The van der Waals surface area contributed by atoms with Crippen LogP contribution in [0.1, 0.15) is 107 Å². The second-order valence-corrected chi connectivity index (χ2v) is 17.7. The van der Waals surface area contributed by atoms with Crippen LogP contribution in [0.5, 0.6) is 0 Å². The normalized spacial score (nSPS) is 51.6. The van der Waals surface area contributed by atoms with Crippen LogP contribution in [0.15, 0.2) is 23.5 Å². The highest BCUT2D eigenvalue weighted by atomic mass is 16.5. The Balaban J connectivity index is 1.19. The lowest BCUT2D eigenvalue weighted by Crippen LogP contribution is -2.75. The molecule has 13 unspecified atom stereocenters. The van der Waals surface area contributed by atoms with Gasteiger partial charge in [0.1, 0.15) is 11.4 Å². The van der Waals surface area contributed by atoms with Crippen molar-refractivity contribution in [2.45, 2.75) is 136 Å². The van der Waals surface area contributed by atoms with Crippen molar-refractivity contribution in [1.82, 2.24) is 0 Å². The van der Waals surface area contributed by atoms with Crippen LogP contribution in [0.4, 0.5) is 0 Å². The number of allylic oxidation sites excluding steroid dienone is 2. The van der Waals surface area contributed by atoms with Crippen molar-refractivity contribution in [2.75, 3.05) is 20.3 Å². The van der Waals surface area contributed by atoms with Crippen molar-refractivity contribution in [1.29, 1.82) is 0 Å². The highest BCUT2D eigenvalue weighted by molar-refractivity contribution is 5.49. The number of rotatable bonds is 7. The van der Waals surface area contributed by atoms with Crippen LogP contribution in [0.2, 0.25) is 0 Å². The van der Waals surface area contributed by atoms with Crippen molar-refractivity contribution in [3.63, 3.8) is 0 Å². The minimum Gasteiger partial charge on any atom is -0.490 e. The standard InChI is InChI=1S/C38H61NO4/c1-22(2)25(6)38-17-16-33(7)26-12-11-14-37(27(26)13-15-36(33)19-29(43-38)32(36)38)30-18-28(40-10)31(24(5)20-42-35(30,37)9)41-21-34(8,39)23(3)4/h13,19,22-26,28,30-32H,11-12,14-18,20-21,39H2,1-10H3. The zero-order valence-corrected chi connectivity index (χ0v) is 28.9. The van der Waals surface area contributed by atoms with E-state index in [1.165, 1.54) is 44.3 Å². The van der Waals surface area contributed by atoms with E-state index in [1.54, 1.807) is 5.57 Å². The first-order valence-corrected chi connectivity index (χ1v) is 17.8. The Kier molecular flexibility index (Phi) is 6.85. The Morgan fingerprint density at radius 2 is 1.86 bits per heavy atom. The van der Waals surface area contributed by atoms with Crippen molar-refractivity contribution in [3.05, 3.63) is 23.5 Å². The average Bonchev–Trinajstić information content (AvgIpc) is 3.42. The Labute approximate surface area is 262 Å². The molecule has 0 aromatic carbocycles. The van der Waals surface area contributed by atoms with E-state index in [9.17, 15) is 0 Å². The highest BCUT2D eigenvalue weighted by Crippen LogP contribution is 2.83. The lowest BCUT2D eigenvalue weighted by atomic mass is 9.33. The molecular formula is C38H61NO4. The van der Waals surface area contributed by atoms with Gasteiger partial charge < -0.3 is 24.7 Å². The Morgan fingerprint density at radius 1 is 1.12 bits per heavy atom. The maximum atomic E-state index is 7.09. The first-order chi connectivity index (χ1) is 20.1. The monoisotopic (exact) mass is 595 g/mol. The van der Waals surface area contributed by atoms with Gasteiger partial charge in [0.05, 0.1) is 36.9 Å². The van der Waals surface area contributed by atoms with Crippen LogP contribution >= 0.6 is 0 Å². The predicted molar refractivity (Wildman–Crippen MR) is 171 cm³/mol. The molecule has 13 atom stereocenters. The molecule has 7 aliphatic rings. The number of methoxy groups -OCH3 is 1. The average molecular weight is 596 g/mol. The molecule has 0 bridgehead atoms. The third kappa shape index (κ3) is 3.66. The Hall–Kier alpha value is -0.880. The number of ether oxygens (including phenoxy) is 4. The molecule has 5 nitrogen and oxygen atoms in total. The number of hydrogen-bond donors (Lipinski definition) is 1. The maximum absolute atomic E-state index is 7.09. The molecule has 0 amide bonds. The van der Waals surface area contributed by atoms with E-state index in [-0.39, 0.29) is 45.7 Å². The number of nitrogens with two attached hydrogens (primary N) is 1. The van der Waals surface area contributed by atoms with E-state index in [1.807, 2.05) is 7.11 Å². The van der Waals surface area contributed by atoms with Crippen LogP contribution in [0, 0.1) is 57.7 Å². The lowest BCUT2D eigenvalue weighted by Gasteiger charge is -2.76. The zero-order chi connectivity index (χ0) is 31.0. The maximum Gasteiger partial charge on any atom is 0.122 e. The fraction of sp³-hybridized carbons (Fsp3) is 0.895. The summed E-state index contributed by atoms with van der Waals surface area (Å²) in [7, 11) is 1.88. The van der Waals surface area contributed by atoms with Gasteiger partial charge in [-0.1, -0.05) is 66.5 Å². The third-order valence-electron chi connectivity index (χ3n) is 15.6. The van der Waals surface area contributed by atoms with Crippen molar-refractivity contribution in [2.24, 2.45) is 63.4 Å². The van der Waals surface area contributed by atoms with E-state index in [0.717, 1.165) is 6.42 Å². The molecule has 2 aliphatic heterocycles. The van der Waals surface area contributed by atoms with Crippen LogP contribution in [-0.2, 0) is 18.9 Å². The van der Waals surface area contributed by atoms with Crippen molar-refractivity contribution in [3.8, 4) is 0 Å². The molecular weight excluding hydrogens is 534 g/mol. The summed E-state index contributed by atoms with van der Waals surface area (Å²) in [6, 6.07) is 0. The fourth-order valence-corrected chi connectivity index (χ4v) is 11.9. The molecule has 5 aliphatic carbocycles. The van der Waals surface area contributed by atoms with Crippen LogP contribution in [0.3, 0.4) is 0 Å². The summed E-state index contributed by atoms with van der Waals surface area (Å²) in [4.78, 5) is 0. The molecule has 2 heterocycles. The molecule has 0 aromatic rings. The molecule has 43 heavy (non-hydrogen) atoms. The van der Waals surface area contributed by atoms with Gasteiger partial charge in [-0.3, -0.25) is 0 Å². The van der Waals surface area contributed by atoms with Gasteiger partial charge in [-0.2, -0.15) is 0 Å². The Morgan fingerprint density at radius 3 is 2.51 bits per heavy atom. The molecule has 0 aromatic heterocycles. The molecule has 2 saturated heterocycles. The van der Waals surface area contributed by atoms with Gasteiger partial charge >= 0.3 is 0 Å². The lowest BCUT2D eigenvalue weighted by molar-refractivity contribution is -0.301. The van der Waals surface area contributed by atoms with E-state index < -0.39 is 0 Å². The minimum atomic E-state index is -0.364. The summed E-state index contributed by atoms with van der Waals surface area (Å²) < 4.78 is 26.8. The minimum absolute atomic E-state index is 0.0131. The van der Waals surface area contributed by atoms with E-state index >= 15 is 0 Å². The summed E-state index contributed by atoms with van der Waals surface area (Å²) >= 11 is 0. The van der Waals surface area contributed by atoms with E-state index in [4.69, 9.17) is 24.7 Å². The zero-order valence-electron chi connectivity index (χ0n) is 28.9. The van der Waals surface area contributed by atoms with Gasteiger partial charge in [0, 0.05) is 35.3 Å². The largest absolute Gasteiger partial charge is 0.490 e. The molecule has 2 N–H and O–H groups in total. The smallest absolute Gasteiger partial charge is 0.122 e. The Bertz CT molecular complexity index is 1210. The topological polar surface area (TPSA) is 62.9 Å². The summed E-state index contributed by atoms with van der Waals surface area (Å²) in [6.45, 7) is 22.3. The van der Waals surface area contributed by atoms with Gasteiger partial charge in [0.2, 0.25) is 0 Å². The van der Waals surface area contributed by atoms with Gasteiger partial charge in [-0.15, -0.1) is 0 Å². The van der Waals surface area contributed by atoms with Crippen LogP contribution in [-0.4, -0.2) is 49.3 Å². The number of hydrogen-bond acceptors (Lipinski definition) is 5. The molecule has 3 saturated carbocycles. The van der Waals surface area contributed by atoms with Gasteiger partial charge in [-0.05, 0) is 87.5 Å². The summed E-state index contributed by atoms with van der Waals surface area (Å²) in [5.41, 5.74) is 8.64. The van der Waals surface area contributed by atoms with Crippen LogP contribution < -0.4 is 5.73 Å². The molecule has 242 valence electrons. The SMILES string of the molecule is COC1CC2C(C)(OCC(C)C1OCC(C)(N)C(C)C)C21CCCC2C1=CCC13C=C4OC(C(C)C(C)C)(CCC21C)C43. The number of fused-ring (bicyclic) bond motifs is 6. The highest BCUT2D eigenvalue weighted by Gasteiger charge is 2.82. The van der Waals surface area contributed by atoms with Gasteiger partial charge in [-0.25, -0.2) is 0 Å². The fourth-order valence-electron chi connectivity index (χ4n) is 11.9. The van der Waals surface area contributed by atoms with Crippen molar-refractivity contribution >= 4 is 0 Å². The summed E-state index contributed by atoms with van der Waals surface area (Å²) in [6.07, 6.45) is 13.9. The van der Waals surface area contributed by atoms with E-state index in [2.05, 4.69) is 74.5 Å². The quantitative estimate of drug-likeness (QED) is 0.306. The molecule has 0 radical (unpaired) electrons. The second-order valence-electron chi connectivity index (χ2n) is 17.7. The molecule has 2 spiro atoms. The first-order valence-electron chi connectivity index (χ1n) is 17.8. The first kappa shape index (κ1) is 30.8. The second kappa shape index (κ2) is 9.58. The molecule has 7 rings (SSSR count). The van der Waals surface area contributed by atoms with Gasteiger partial charge in [0.15, 0.2) is 0 Å². The van der Waals surface area contributed by atoms with Gasteiger partial charge in [0.25, 0.3) is 0 Å². The summed E-state index contributed by atoms with van der Waals surface area (Å²) in [5, 5.41) is 0. The molecule has 5 fully saturated rings. The van der Waals surface area contributed by atoms with Crippen LogP contribution in [0.25, 0.3) is 0 Å². The summed E-state index contributed by atoms with van der Waals surface area (Å²) in [5.74, 6) is 4.85. The van der Waals surface area contributed by atoms with E-state index in [0.29, 0.717) is 54.1 Å². The molecule has 5 heteroatoms.